The van der Waals surface area contributed by atoms with Gasteiger partial charge in [-0.25, -0.2) is 0 Å². The quantitative estimate of drug-likeness (QED) is 0.477. The Labute approximate surface area is 140 Å². The Hall–Kier alpha value is -3.36. The van der Waals surface area contributed by atoms with Gasteiger partial charge in [0, 0.05) is 16.6 Å². The zero-order valence-corrected chi connectivity index (χ0v) is 12.8. The number of benzene rings is 1. The van der Waals surface area contributed by atoms with Gasteiger partial charge in [-0.1, -0.05) is 18.2 Å². The molecular weight excluding hydrogens is 334 g/mol. The zero-order valence-electron chi connectivity index (χ0n) is 12.8. The fourth-order valence-electron chi connectivity index (χ4n) is 2.81. The first-order chi connectivity index (χ1) is 11.7. The summed E-state index contributed by atoms with van der Waals surface area (Å²) in [6.45, 7) is 0. The maximum atomic E-state index is 11.6. The first kappa shape index (κ1) is 18.0. The van der Waals surface area contributed by atoms with E-state index in [1.807, 2.05) is 0 Å². The highest BCUT2D eigenvalue weighted by molar-refractivity contribution is 5.95. The molecule has 1 aromatic carbocycles. The van der Waals surface area contributed by atoms with Gasteiger partial charge in [0.1, 0.15) is 5.92 Å². The number of para-hydroxylation sites is 1. The van der Waals surface area contributed by atoms with Crippen molar-refractivity contribution in [1.29, 1.82) is 0 Å². The molecule has 0 bridgehead atoms. The van der Waals surface area contributed by atoms with Crippen molar-refractivity contribution in [2.45, 2.75) is 24.7 Å². The molecule has 0 saturated heterocycles. The van der Waals surface area contributed by atoms with Crippen LogP contribution in [-0.4, -0.2) is 49.3 Å². The Morgan fingerprint density at radius 3 is 1.88 bits per heavy atom. The predicted octanol–water partition coefficient (Wildman–Crippen LogP) is 1.45. The van der Waals surface area contributed by atoms with Crippen LogP contribution in [0.4, 0.5) is 0 Å². The van der Waals surface area contributed by atoms with E-state index in [0.717, 1.165) is 0 Å². The second-order valence-corrected chi connectivity index (χ2v) is 5.48. The molecule has 2 rings (SSSR count). The molecule has 0 saturated carbocycles. The minimum Gasteiger partial charge on any atom is -0.481 e. The van der Waals surface area contributed by atoms with Gasteiger partial charge >= 0.3 is 23.9 Å². The van der Waals surface area contributed by atoms with E-state index in [0.29, 0.717) is 10.9 Å². The van der Waals surface area contributed by atoms with E-state index in [2.05, 4.69) is 4.98 Å². The van der Waals surface area contributed by atoms with Crippen molar-refractivity contribution in [2.24, 2.45) is 0 Å². The molecule has 1 heterocycles. The molecule has 5 N–H and O–H groups in total. The summed E-state index contributed by atoms with van der Waals surface area (Å²) in [5, 5.41) is 37.1. The van der Waals surface area contributed by atoms with Crippen LogP contribution in [0, 0.1) is 0 Å². The van der Waals surface area contributed by atoms with Gasteiger partial charge in [-0.05, 0) is 11.6 Å². The first-order valence-corrected chi connectivity index (χ1v) is 7.22. The Bertz CT molecular complexity index is 853. The van der Waals surface area contributed by atoms with Crippen LogP contribution in [0.5, 0.6) is 0 Å². The minimum absolute atomic E-state index is 0.0147. The highest BCUT2D eigenvalue weighted by Gasteiger charge is 2.35. The van der Waals surface area contributed by atoms with E-state index in [-0.39, 0.29) is 11.3 Å². The maximum Gasteiger partial charge on any atom is 0.313 e. The highest BCUT2D eigenvalue weighted by Crippen LogP contribution is 2.36. The first-order valence-electron chi connectivity index (χ1n) is 7.22. The molecule has 0 amide bonds. The summed E-state index contributed by atoms with van der Waals surface area (Å²) in [4.78, 5) is 48.0. The molecular formula is C16H15NO8. The number of aliphatic carboxylic acids is 4. The van der Waals surface area contributed by atoms with Crippen molar-refractivity contribution in [2.75, 3.05) is 0 Å². The summed E-state index contributed by atoms with van der Waals surface area (Å²) >= 11 is 0. The third kappa shape index (κ3) is 3.77. The molecule has 2 aromatic rings. The molecule has 0 spiro atoms. The van der Waals surface area contributed by atoms with Crippen LogP contribution in [0.15, 0.2) is 24.3 Å². The number of fused-ring (bicyclic) bond motifs is 1. The molecule has 0 aliphatic heterocycles. The number of carbonyl (C=O) groups is 4. The van der Waals surface area contributed by atoms with Crippen molar-refractivity contribution in [1.82, 2.24) is 4.98 Å². The van der Waals surface area contributed by atoms with Gasteiger partial charge in [0.2, 0.25) is 0 Å². The number of rotatable bonds is 8. The smallest absolute Gasteiger partial charge is 0.313 e. The van der Waals surface area contributed by atoms with Crippen molar-refractivity contribution in [3.05, 3.63) is 35.5 Å². The standard InChI is InChI=1S/C16H15NO8/c18-11(19)5-8(15(22)23)13-7-3-1-2-4-10(7)17-14(13)9(16(24)25)6-12(20)21/h1-4,8-9,17H,5-6H2,(H,18,19)(H,20,21)(H,22,23)(H,24,25). The number of hydrogen-bond donors (Lipinski definition) is 5. The van der Waals surface area contributed by atoms with Crippen LogP contribution in [0.25, 0.3) is 10.9 Å². The monoisotopic (exact) mass is 349 g/mol. The molecule has 0 aliphatic rings. The lowest BCUT2D eigenvalue weighted by atomic mass is 9.87. The minimum atomic E-state index is -1.53. The molecule has 0 radical (unpaired) electrons. The SMILES string of the molecule is O=C(O)CC(C(=O)O)c1[nH]c2ccccc2c1C(CC(=O)O)C(=O)O. The summed E-state index contributed by atoms with van der Waals surface area (Å²) < 4.78 is 0. The number of aromatic amines is 1. The van der Waals surface area contributed by atoms with Crippen LogP contribution < -0.4 is 0 Å². The third-order valence-corrected chi connectivity index (χ3v) is 3.83. The zero-order chi connectivity index (χ0) is 18.7. The van der Waals surface area contributed by atoms with Crippen LogP contribution in [-0.2, 0) is 19.2 Å². The fourth-order valence-corrected chi connectivity index (χ4v) is 2.81. The molecule has 9 heteroatoms. The van der Waals surface area contributed by atoms with Gasteiger partial charge in [-0.15, -0.1) is 0 Å². The van der Waals surface area contributed by atoms with Crippen LogP contribution in [0.2, 0.25) is 0 Å². The molecule has 2 atom stereocenters. The van der Waals surface area contributed by atoms with Crippen LogP contribution in [0.1, 0.15) is 35.9 Å². The topological polar surface area (TPSA) is 165 Å². The van der Waals surface area contributed by atoms with Gasteiger partial charge in [0.25, 0.3) is 0 Å². The second-order valence-electron chi connectivity index (χ2n) is 5.48. The van der Waals surface area contributed by atoms with E-state index in [9.17, 15) is 29.4 Å². The third-order valence-electron chi connectivity index (χ3n) is 3.83. The molecule has 1 aromatic heterocycles. The van der Waals surface area contributed by atoms with Gasteiger partial charge < -0.3 is 25.4 Å². The largest absolute Gasteiger partial charge is 0.481 e. The fraction of sp³-hybridized carbons (Fsp3) is 0.250. The Morgan fingerprint density at radius 2 is 1.36 bits per heavy atom. The summed E-state index contributed by atoms with van der Waals surface area (Å²) in [5.74, 6) is -8.67. The second kappa shape index (κ2) is 7.04. The van der Waals surface area contributed by atoms with E-state index < -0.39 is 48.6 Å². The molecule has 9 nitrogen and oxygen atoms in total. The molecule has 2 unspecified atom stereocenters. The average Bonchev–Trinajstić information content (AvgIpc) is 2.88. The maximum absolute atomic E-state index is 11.6. The summed E-state index contributed by atoms with van der Waals surface area (Å²) in [6, 6.07) is 6.33. The molecule has 0 fully saturated rings. The normalized spacial score (nSPS) is 13.3. The number of carboxylic acid groups (broad SMARTS) is 4. The van der Waals surface area contributed by atoms with E-state index in [1.165, 1.54) is 6.07 Å². The summed E-state index contributed by atoms with van der Waals surface area (Å²) in [6.07, 6.45) is -1.53. The summed E-state index contributed by atoms with van der Waals surface area (Å²) in [5.41, 5.74) is 0.282. The van der Waals surface area contributed by atoms with Crippen molar-refractivity contribution < 1.29 is 39.6 Å². The van der Waals surface area contributed by atoms with Crippen LogP contribution >= 0.6 is 0 Å². The lowest BCUT2D eigenvalue weighted by Crippen LogP contribution is -2.22. The van der Waals surface area contributed by atoms with Gasteiger partial charge in [-0.2, -0.15) is 0 Å². The Balaban J connectivity index is 2.74. The predicted molar refractivity (Wildman–Crippen MR) is 83.6 cm³/mol. The van der Waals surface area contributed by atoms with Crippen molar-refractivity contribution in [3.63, 3.8) is 0 Å². The Morgan fingerprint density at radius 1 is 0.840 bits per heavy atom. The van der Waals surface area contributed by atoms with Crippen molar-refractivity contribution in [3.8, 4) is 0 Å². The molecule has 0 aliphatic carbocycles. The van der Waals surface area contributed by atoms with Gasteiger partial charge in [0.15, 0.2) is 0 Å². The lowest BCUT2D eigenvalue weighted by Gasteiger charge is -2.16. The number of hydrogen-bond acceptors (Lipinski definition) is 4. The van der Waals surface area contributed by atoms with Gasteiger partial charge in [0.05, 0.1) is 18.8 Å². The molecule has 132 valence electrons. The van der Waals surface area contributed by atoms with E-state index in [1.54, 1.807) is 18.2 Å². The average molecular weight is 349 g/mol. The number of H-pyrrole nitrogens is 1. The summed E-state index contributed by atoms with van der Waals surface area (Å²) in [7, 11) is 0. The van der Waals surface area contributed by atoms with Gasteiger partial charge in [-0.3, -0.25) is 19.2 Å². The lowest BCUT2D eigenvalue weighted by molar-refractivity contribution is -0.146. The Kier molecular flexibility index (Phi) is 5.06. The number of aromatic nitrogens is 1. The van der Waals surface area contributed by atoms with Crippen LogP contribution in [0.3, 0.4) is 0 Å². The molecule has 25 heavy (non-hydrogen) atoms. The van der Waals surface area contributed by atoms with E-state index >= 15 is 0 Å². The number of carboxylic acids is 4. The van der Waals surface area contributed by atoms with Crippen molar-refractivity contribution >= 4 is 34.8 Å². The number of nitrogens with one attached hydrogen (secondary N) is 1. The highest BCUT2D eigenvalue weighted by atomic mass is 16.4. The van der Waals surface area contributed by atoms with E-state index in [4.69, 9.17) is 10.2 Å².